The third-order valence-corrected chi connectivity index (χ3v) is 2.27. The number of nitriles is 1. The van der Waals surface area contributed by atoms with Crippen LogP contribution in [0.3, 0.4) is 0 Å². The molecule has 1 aliphatic carbocycles. The van der Waals surface area contributed by atoms with Gasteiger partial charge in [-0.2, -0.15) is 5.26 Å². The average molecular weight is 188 g/mol. The smallest absolute Gasteiger partial charge is 0.248 e. The van der Waals surface area contributed by atoms with Gasteiger partial charge in [0.05, 0.1) is 0 Å². The van der Waals surface area contributed by atoms with Crippen molar-refractivity contribution in [3.63, 3.8) is 0 Å². The van der Waals surface area contributed by atoms with Crippen molar-refractivity contribution in [3.05, 3.63) is 0 Å². The van der Waals surface area contributed by atoms with Crippen LogP contribution in [0.2, 0.25) is 0 Å². The van der Waals surface area contributed by atoms with Gasteiger partial charge in [0, 0.05) is 18.8 Å². The Morgan fingerprint density at radius 1 is 1.46 bits per heavy atom. The van der Waals surface area contributed by atoms with Gasteiger partial charge in [0.25, 0.3) is 0 Å². The molecule has 0 bridgehead atoms. The molecule has 1 aliphatic rings. The normalized spacial score (nSPS) is 21.9. The van der Waals surface area contributed by atoms with E-state index in [0.717, 1.165) is 0 Å². The Morgan fingerprint density at radius 3 is 2.46 bits per heavy atom. The molecule has 0 unspecified atom stereocenters. The maximum Gasteiger partial charge on any atom is 0.248 e. The average Bonchev–Trinajstić information content (AvgIpc) is 2.04. The lowest BCUT2D eigenvalue weighted by Gasteiger charge is -2.26. The zero-order valence-electron chi connectivity index (χ0n) is 7.02. The molecule has 1 amide bonds. The SMILES string of the molecule is N#CNC(=O)C1CCC(F)(F)CC1. The van der Waals surface area contributed by atoms with Crippen molar-refractivity contribution in [1.82, 2.24) is 5.32 Å². The lowest BCUT2D eigenvalue weighted by atomic mass is 9.86. The molecular weight excluding hydrogens is 178 g/mol. The van der Waals surface area contributed by atoms with Crippen LogP contribution in [0.5, 0.6) is 0 Å². The highest BCUT2D eigenvalue weighted by molar-refractivity contribution is 5.80. The van der Waals surface area contributed by atoms with E-state index in [0.29, 0.717) is 0 Å². The van der Waals surface area contributed by atoms with Crippen LogP contribution in [0.15, 0.2) is 0 Å². The Hall–Kier alpha value is -1.18. The highest BCUT2D eigenvalue weighted by atomic mass is 19.3. The number of rotatable bonds is 1. The second-order valence-electron chi connectivity index (χ2n) is 3.23. The fourth-order valence-corrected chi connectivity index (χ4v) is 1.46. The van der Waals surface area contributed by atoms with Gasteiger partial charge in [0.1, 0.15) is 0 Å². The molecule has 13 heavy (non-hydrogen) atoms. The largest absolute Gasteiger partial charge is 0.274 e. The zero-order chi connectivity index (χ0) is 9.90. The van der Waals surface area contributed by atoms with Crippen LogP contribution in [0.25, 0.3) is 0 Å². The van der Waals surface area contributed by atoms with Gasteiger partial charge in [-0.05, 0) is 12.8 Å². The van der Waals surface area contributed by atoms with E-state index in [1.54, 1.807) is 0 Å². The number of nitrogens with one attached hydrogen (secondary N) is 1. The second kappa shape index (κ2) is 3.69. The molecule has 0 saturated heterocycles. The van der Waals surface area contributed by atoms with Gasteiger partial charge in [-0.25, -0.2) is 8.78 Å². The number of alkyl halides is 2. The monoisotopic (exact) mass is 188 g/mol. The van der Waals surface area contributed by atoms with E-state index in [9.17, 15) is 13.6 Å². The van der Waals surface area contributed by atoms with Gasteiger partial charge in [0.15, 0.2) is 6.19 Å². The quantitative estimate of drug-likeness (QED) is 0.499. The first kappa shape index (κ1) is 9.90. The molecular formula is C8H10F2N2O. The first-order chi connectivity index (χ1) is 6.05. The summed E-state index contributed by atoms with van der Waals surface area (Å²) in [5, 5.41) is 10.1. The van der Waals surface area contributed by atoms with Gasteiger partial charge in [-0.3, -0.25) is 10.1 Å². The number of carbonyl (C=O) groups is 1. The molecule has 0 aromatic carbocycles. The number of amides is 1. The molecule has 72 valence electrons. The summed E-state index contributed by atoms with van der Waals surface area (Å²) < 4.78 is 25.3. The second-order valence-corrected chi connectivity index (χ2v) is 3.23. The van der Waals surface area contributed by atoms with E-state index in [-0.39, 0.29) is 25.7 Å². The molecule has 0 heterocycles. The minimum atomic E-state index is -2.62. The third kappa shape index (κ3) is 2.65. The number of hydrogen-bond acceptors (Lipinski definition) is 2. The fraction of sp³-hybridized carbons (Fsp3) is 0.750. The molecule has 0 aromatic heterocycles. The van der Waals surface area contributed by atoms with Gasteiger partial charge < -0.3 is 0 Å². The van der Waals surface area contributed by atoms with Crippen LogP contribution in [0, 0.1) is 17.4 Å². The van der Waals surface area contributed by atoms with Crippen molar-refractivity contribution in [2.24, 2.45) is 5.92 Å². The highest BCUT2D eigenvalue weighted by Gasteiger charge is 2.37. The van der Waals surface area contributed by atoms with E-state index in [1.165, 1.54) is 6.19 Å². The number of carbonyl (C=O) groups excluding carboxylic acids is 1. The molecule has 3 nitrogen and oxygen atoms in total. The number of nitrogens with zero attached hydrogens (tertiary/aromatic N) is 1. The van der Waals surface area contributed by atoms with E-state index in [1.807, 2.05) is 5.32 Å². The van der Waals surface area contributed by atoms with Gasteiger partial charge in [0.2, 0.25) is 11.8 Å². The zero-order valence-corrected chi connectivity index (χ0v) is 7.02. The third-order valence-electron chi connectivity index (χ3n) is 2.27. The first-order valence-corrected chi connectivity index (χ1v) is 4.12. The topological polar surface area (TPSA) is 52.9 Å². The standard InChI is InChI=1S/C8H10F2N2O/c9-8(10)3-1-6(2-4-8)7(13)12-5-11/h6H,1-4H2,(H,12,13). The van der Waals surface area contributed by atoms with Crippen LogP contribution in [-0.4, -0.2) is 11.8 Å². The Balaban J connectivity index is 2.42. The van der Waals surface area contributed by atoms with Crippen LogP contribution in [0.4, 0.5) is 8.78 Å². The highest BCUT2D eigenvalue weighted by Crippen LogP contribution is 2.35. The van der Waals surface area contributed by atoms with E-state index in [4.69, 9.17) is 5.26 Å². The molecule has 0 spiro atoms. The van der Waals surface area contributed by atoms with Gasteiger partial charge >= 0.3 is 0 Å². The van der Waals surface area contributed by atoms with Crippen LogP contribution in [-0.2, 0) is 4.79 Å². The van der Waals surface area contributed by atoms with Crippen molar-refractivity contribution in [1.29, 1.82) is 5.26 Å². The summed E-state index contributed by atoms with van der Waals surface area (Å²) in [4.78, 5) is 11.0. The Labute approximate surface area is 74.7 Å². The first-order valence-electron chi connectivity index (χ1n) is 4.12. The lowest BCUT2D eigenvalue weighted by Crippen LogP contribution is -2.33. The summed E-state index contributed by atoms with van der Waals surface area (Å²) in [6.45, 7) is 0. The summed E-state index contributed by atoms with van der Waals surface area (Å²) in [6.07, 6.45) is 1.33. The lowest BCUT2D eigenvalue weighted by molar-refractivity contribution is -0.127. The molecule has 1 rings (SSSR count). The molecule has 0 radical (unpaired) electrons. The van der Waals surface area contributed by atoms with Crippen LogP contribution < -0.4 is 5.32 Å². The van der Waals surface area contributed by atoms with E-state index in [2.05, 4.69) is 0 Å². The molecule has 1 N–H and O–H groups in total. The van der Waals surface area contributed by atoms with Crippen molar-refractivity contribution >= 4 is 5.91 Å². The van der Waals surface area contributed by atoms with Crippen LogP contribution in [0.1, 0.15) is 25.7 Å². The maximum atomic E-state index is 12.6. The predicted octanol–water partition coefficient (Wildman–Crippen LogP) is 1.41. The molecule has 0 aliphatic heterocycles. The summed E-state index contributed by atoms with van der Waals surface area (Å²) >= 11 is 0. The van der Waals surface area contributed by atoms with Crippen molar-refractivity contribution in [2.45, 2.75) is 31.6 Å². The van der Waals surface area contributed by atoms with Crippen molar-refractivity contribution in [2.75, 3.05) is 0 Å². The molecule has 1 saturated carbocycles. The van der Waals surface area contributed by atoms with E-state index < -0.39 is 17.7 Å². The molecule has 0 atom stereocenters. The molecule has 0 aromatic rings. The van der Waals surface area contributed by atoms with Crippen molar-refractivity contribution in [3.8, 4) is 6.19 Å². The summed E-state index contributed by atoms with van der Waals surface area (Å²) in [5.41, 5.74) is 0. The Kier molecular flexibility index (Phi) is 2.81. The molecule has 5 heteroatoms. The Morgan fingerprint density at radius 2 is 2.00 bits per heavy atom. The van der Waals surface area contributed by atoms with Gasteiger partial charge in [-0.15, -0.1) is 0 Å². The Bertz CT molecular complexity index is 237. The molecule has 1 fully saturated rings. The van der Waals surface area contributed by atoms with E-state index >= 15 is 0 Å². The van der Waals surface area contributed by atoms with Crippen molar-refractivity contribution < 1.29 is 13.6 Å². The van der Waals surface area contributed by atoms with Gasteiger partial charge in [-0.1, -0.05) is 0 Å². The van der Waals surface area contributed by atoms with Crippen LogP contribution >= 0.6 is 0 Å². The predicted molar refractivity (Wildman–Crippen MR) is 40.7 cm³/mol. The fourth-order valence-electron chi connectivity index (χ4n) is 1.46. The number of halogens is 2. The summed E-state index contributed by atoms with van der Waals surface area (Å²) in [5.74, 6) is -3.47. The number of hydrogen-bond donors (Lipinski definition) is 1. The summed E-state index contributed by atoms with van der Waals surface area (Å²) in [6, 6.07) is 0. The minimum Gasteiger partial charge on any atom is -0.274 e. The summed E-state index contributed by atoms with van der Waals surface area (Å²) in [7, 11) is 0. The minimum absolute atomic E-state index is 0.167. The maximum absolute atomic E-state index is 12.6.